The molecule has 3 fully saturated rings. The van der Waals surface area contributed by atoms with Gasteiger partial charge in [0.25, 0.3) is 0 Å². The van der Waals surface area contributed by atoms with E-state index in [4.69, 9.17) is 0 Å². The Morgan fingerprint density at radius 2 is 1.52 bits per heavy atom. The Bertz CT molecular complexity index is 763. The summed E-state index contributed by atoms with van der Waals surface area (Å²) in [4.78, 5) is 27.7. The van der Waals surface area contributed by atoms with Crippen LogP contribution in [0.25, 0.3) is 0 Å². The van der Waals surface area contributed by atoms with E-state index in [1.165, 1.54) is 11.3 Å². The van der Waals surface area contributed by atoms with E-state index >= 15 is 0 Å². The number of allylic oxidation sites excluding steroid dienone is 2. The molecule has 0 N–H and O–H groups in total. The number of rotatable bonds is 1. The molecule has 1 saturated heterocycles. The van der Waals surface area contributed by atoms with Gasteiger partial charge in [0.15, 0.2) is 0 Å². The topological polar surface area (TPSA) is 37.4 Å². The molecule has 0 spiro atoms. The summed E-state index contributed by atoms with van der Waals surface area (Å²) < 4.78 is 1.01. The van der Waals surface area contributed by atoms with Crippen LogP contribution in [0.4, 0.5) is 5.69 Å². The first-order valence-electron chi connectivity index (χ1n) is 8.32. The summed E-state index contributed by atoms with van der Waals surface area (Å²) in [7, 11) is 0. The summed E-state index contributed by atoms with van der Waals surface area (Å²) >= 11 is 3.52. The third-order valence-electron chi connectivity index (χ3n) is 6.60. The van der Waals surface area contributed by atoms with Crippen LogP contribution in [0.5, 0.6) is 0 Å². The van der Waals surface area contributed by atoms with Crippen LogP contribution in [-0.4, -0.2) is 11.8 Å². The van der Waals surface area contributed by atoms with E-state index in [2.05, 4.69) is 28.1 Å². The monoisotopic (exact) mass is 371 g/mol. The van der Waals surface area contributed by atoms with Crippen LogP contribution in [0.2, 0.25) is 0 Å². The molecule has 2 bridgehead atoms. The van der Waals surface area contributed by atoms with Gasteiger partial charge in [-0.25, -0.2) is 4.90 Å². The number of hydrogen-bond acceptors (Lipinski definition) is 2. The highest BCUT2D eigenvalue weighted by atomic mass is 79.9. The maximum atomic E-state index is 13.1. The molecule has 1 aromatic rings. The SMILES string of the molecule is Cc1c(Br)ccc(N2C(=O)C3C4C=CC(C5CC45)C3C2=O)c1C. The van der Waals surface area contributed by atoms with Gasteiger partial charge < -0.3 is 0 Å². The van der Waals surface area contributed by atoms with Gasteiger partial charge in [0, 0.05) is 4.47 Å². The molecule has 4 aliphatic carbocycles. The van der Waals surface area contributed by atoms with Crippen molar-refractivity contribution < 1.29 is 9.59 Å². The second kappa shape index (κ2) is 4.35. The molecule has 6 rings (SSSR count). The van der Waals surface area contributed by atoms with E-state index in [0.29, 0.717) is 11.8 Å². The van der Waals surface area contributed by atoms with Crippen molar-refractivity contribution in [3.05, 3.63) is 39.9 Å². The summed E-state index contributed by atoms with van der Waals surface area (Å²) in [6, 6.07) is 3.83. The number of amides is 2. The minimum absolute atomic E-state index is 0.0227. The Labute approximate surface area is 143 Å². The number of benzene rings is 1. The van der Waals surface area contributed by atoms with Crippen molar-refractivity contribution in [2.45, 2.75) is 20.3 Å². The Balaban J connectivity index is 1.61. The lowest BCUT2D eigenvalue weighted by Crippen LogP contribution is -2.40. The number of carbonyl (C=O) groups is 2. The Kier molecular flexibility index (Phi) is 2.64. The molecule has 0 aromatic heterocycles. The Morgan fingerprint density at radius 1 is 0.957 bits per heavy atom. The summed E-state index contributed by atoms with van der Waals surface area (Å²) in [6.07, 6.45) is 5.63. The Hall–Kier alpha value is -1.42. The fourth-order valence-corrected chi connectivity index (χ4v) is 5.64. The van der Waals surface area contributed by atoms with Crippen LogP contribution in [0.3, 0.4) is 0 Å². The third-order valence-corrected chi connectivity index (χ3v) is 7.46. The van der Waals surface area contributed by atoms with Crippen molar-refractivity contribution in [1.82, 2.24) is 0 Å². The number of imide groups is 1. The highest BCUT2D eigenvalue weighted by Gasteiger charge is 2.67. The van der Waals surface area contributed by atoms with E-state index < -0.39 is 0 Å². The summed E-state index contributed by atoms with van der Waals surface area (Å²) in [6.45, 7) is 4.00. The summed E-state index contributed by atoms with van der Waals surface area (Å²) in [5, 5.41) is 0. The van der Waals surface area contributed by atoms with Gasteiger partial charge in [-0.05, 0) is 67.2 Å². The van der Waals surface area contributed by atoms with Crippen LogP contribution >= 0.6 is 15.9 Å². The maximum Gasteiger partial charge on any atom is 0.238 e. The van der Waals surface area contributed by atoms with E-state index in [9.17, 15) is 9.59 Å². The first kappa shape index (κ1) is 14.0. The second-order valence-corrected chi connectivity index (χ2v) is 8.34. The Morgan fingerprint density at radius 3 is 2.09 bits per heavy atom. The molecule has 4 heteroatoms. The lowest BCUT2D eigenvalue weighted by molar-refractivity contribution is -0.124. The number of hydrogen-bond donors (Lipinski definition) is 0. The normalized spacial score (nSPS) is 39.7. The second-order valence-electron chi connectivity index (χ2n) is 7.48. The fourth-order valence-electron chi connectivity index (χ4n) is 5.21. The lowest BCUT2D eigenvalue weighted by Gasteiger charge is -2.37. The summed E-state index contributed by atoms with van der Waals surface area (Å²) in [5.41, 5.74) is 2.86. The van der Waals surface area contributed by atoms with Gasteiger partial charge in [-0.2, -0.15) is 0 Å². The minimum atomic E-state index is -0.121. The zero-order chi connectivity index (χ0) is 16.0. The van der Waals surface area contributed by atoms with Crippen LogP contribution in [0, 0.1) is 49.4 Å². The first-order valence-corrected chi connectivity index (χ1v) is 9.12. The molecule has 1 heterocycles. The van der Waals surface area contributed by atoms with Crippen LogP contribution in [-0.2, 0) is 9.59 Å². The molecule has 2 amide bonds. The van der Waals surface area contributed by atoms with Gasteiger partial charge >= 0.3 is 0 Å². The average molecular weight is 372 g/mol. The lowest BCUT2D eigenvalue weighted by atomic mass is 9.63. The number of carbonyl (C=O) groups excluding carboxylic acids is 2. The zero-order valence-corrected chi connectivity index (χ0v) is 14.7. The van der Waals surface area contributed by atoms with Crippen molar-refractivity contribution in [2.24, 2.45) is 35.5 Å². The molecular weight excluding hydrogens is 354 g/mol. The van der Waals surface area contributed by atoms with E-state index in [0.717, 1.165) is 21.3 Å². The molecule has 6 atom stereocenters. The molecule has 3 nitrogen and oxygen atoms in total. The predicted octanol–water partition coefficient (Wildman–Crippen LogP) is 3.62. The van der Waals surface area contributed by atoms with Gasteiger partial charge in [-0.1, -0.05) is 28.1 Å². The van der Waals surface area contributed by atoms with Crippen LogP contribution < -0.4 is 4.90 Å². The maximum absolute atomic E-state index is 13.1. The number of halogens is 1. The van der Waals surface area contributed by atoms with Crippen LogP contribution in [0.1, 0.15) is 17.5 Å². The van der Waals surface area contributed by atoms with Crippen molar-refractivity contribution in [2.75, 3.05) is 4.90 Å². The van der Waals surface area contributed by atoms with Crippen molar-refractivity contribution in [3.8, 4) is 0 Å². The highest BCUT2D eigenvalue weighted by molar-refractivity contribution is 9.10. The van der Waals surface area contributed by atoms with Gasteiger partial charge in [-0.15, -0.1) is 0 Å². The predicted molar refractivity (Wildman–Crippen MR) is 90.8 cm³/mol. The number of anilines is 1. The smallest absolute Gasteiger partial charge is 0.238 e. The molecule has 5 aliphatic rings. The van der Waals surface area contributed by atoms with Crippen LogP contribution in [0.15, 0.2) is 28.8 Å². The molecule has 2 saturated carbocycles. The van der Waals surface area contributed by atoms with E-state index in [1.807, 2.05) is 26.0 Å². The largest absolute Gasteiger partial charge is 0.274 e. The van der Waals surface area contributed by atoms with Gasteiger partial charge in [0.1, 0.15) is 0 Å². The summed E-state index contributed by atoms with van der Waals surface area (Å²) in [5.74, 6) is 1.67. The third kappa shape index (κ3) is 1.60. The molecule has 1 aliphatic heterocycles. The first-order chi connectivity index (χ1) is 11.0. The van der Waals surface area contributed by atoms with Crippen molar-refractivity contribution >= 4 is 33.4 Å². The molecule has 23 heavy (non-hydrogen) atoms. The molecule has 6 unspecified atom stereocenters. The van der Waals surface area contributed by atoms with Crippen molar-refractivity contribution in [1.29, 1.82) is 0 Å². The van der Waals surface area contributed by atoms with Gasteiger partial charge in [-0.3, -0.25) is 9.59 Å². The fraction of sp³-hybridized carbons (Fsp3) is 0.474. The standard InChI is InChI=1S/C19H18BrNO2/c1-8-9(2)15(6-5-14(8)20)21-18(22)16-10-3-4-11(13-7-12(10)13)17(16)19(21)23/h3-6,10-13,16-17H,7H2,1-2H3. The van der Waals surface area contributed by atoms with Gasteiger partial charge in [0.05, 0.1) is 17.5 Å². The minimum Gasteiger partial charge on any atom is -0.274 e. The average Bonchev–Trinajstić information content (AvgIpc) is 3.32. The number of nitrogens with zero attached hydrogens (tertiary/aromatic N) is 1. The van der Waals surface area contributed by atoms with E-state index in [1.54, 1.807) is 0 Å². The quantitative estimate of drug-likeness (QED) is 0.558. The molecule has 0 radical (unpaired) electrons. The molecular formula is C19H18BrNO2. The highest BCUT2D eigenvalue weighted by Crippen LogP contribution is 2.65. The molecule has 118 valence electrons. The zero-order valence-electron chi connectivity index (χ0n) is 13.1. The van der Waals surface area contributed by atoms with Gasteiger partial charge in [0.2, 0.25) is 11.8 Å². The molecule has 1 aromatic carbocycles. The van der Waals surface area contributed by atoms with E-state index in [-0.39, 0.29) is 35.5 Å². The van der Waals surface area contributed by atoms with Crippen molar-refractivity contribution in [3.63, 3.8) is 0 Å².